The molecule has 28 heavy (non-hydrogen) atoms. The van der Waals surface area contributed by atoms with Crippen LogP contribution in [0.15, 0.2) is 66.0 Å². The first-order chi connectivity index (χ1) is 13.6. The maximum absolute atomic E-state index is 13.3. The summed E-state index contributed by atoms with van der Waals surface area (Å²) in [5.41, 5.74) is 1.87. The van der Waals surface area contributed by atoms with Crippen molar-refractivity contribution in [3.63, 3.8) is 0 Å². The van der Waals surface area contributed by atoms with E-state index in [4.69, 9.17) is 0 Å². The molecule has 1 aliphatic carbocycles. The lowest BCUT2D eigenvalue weighted by atomic mass is 10.0. The van der Waals surface area contributed by atoms with Crippen LogP contribution < -0.4 is 10.6 Å². The van der Waals surface area contributed by atoms with E-state index < -0.39 is 0 Å². The minimum absolute atomic E-state index is 0.000308. The number of carbonyl (C=O) groups excluding carboxylic acids is 2. The first-order valence-corrected chi connectivity index (χ1v) is 9.99. The van der Waals surface area contributed by atoms with Gasteiger partial charge < -0.3 is 10.6 Å². The second-order valence-electron chi connectivity index (χ2n) is 6.82. The smallest absolute Gasteiger partial charge is 0.252 e. The number of thiophene rings is 1. The van der Waals surface area contributed by atoms with Crippen LogP contribution in [-0.2, 0) is 4.79 Å². The highest BCUT2D eigenvalue weighted by Crippen LogP contribution is 2.30. The van der Waals surface area contributed by atoms with Gasteiger partial charge in [-0.15, -0.1) is 11.3 Å². The number of hydrogen-bond acceptors (Lipinski definition) is 3. The van der Waals surface area contributed by atoms with Gasteiger partial charge in [0.2, 0.25) is 5.91 Å². The number of rotatable bonds is 6. The molecular weight excluding hydrogens is 375 g/mol. The highest BCUT2D eigenvalue weighted by atomic mass is 32.1. The SMILES string of the molecule is O=C(NC(c1ccc(F)cc1)c1cccs1)c1cccc(NC(=O)C2CC2)c1. The lowest BCUT2D eigenvalue weighted by Crippen LogP contribution is -2.29. The molecule has 2 amide bonds. The standard InChI is InChI=1S/C22H19FN2O2S/c23-17-10-8-14(9-11-17)20(19-5-2-12-28-19)25-22(27)16-3-1-4-18(13-16)24-21(26)15-6-7-15/h1-5,8-13,15,20H,6-7H2,(H,24,26)(H,25,27). The summed E-state index contributed by atoms with van der Waals surface area (Å²) in [6.45, 7) is 0. The third kappa shape index (κ3) is 4.28. The highest BCUT2D eigenvalue weighted by molar-refractivity contribution is 7.10. The average molecular weight is 394 g/mol. The van der Waals surface area contributed by atoms with Crippen molar-refractivity contribution in [2.75, 3.05) is 5.32 Å². The van der Waals surface area contributed by atoms with Crippen molar-refractivity contribution in [1.82, 2.24) is 5.32 Å². The summed E-state index contributed by atoms with van der Waals surface area (Å²) in [6.07, 6.45) is 1.85. The molecule has 1 saturated carbocycles. The lowest BCUT2D eigenvalue weighted by Gasteiger charge is -2.18. The van der Waals surface area contributed by atoms with Crippen LogP contribution >= 0.6 is 11.3 Å². The van der Waals surface area contributed by atoms with Crippen LogP contribution in [0.1, 0.15) is 39.7 Å². The van der Waals surface area contributed by atoms with E-state index in [9.17, 15) is 14.0 Å². The van der Waals surface area contributed by atoms with Crippen LogP contribution in [-0.4, -0.2) is 11.8 Å². The molecule has 0 saturated heterocycles. The Labute approximate surface area is 166 Å². The maximum atomic E-state index is 13.3. The van der Waals surface area contributed by atoms with Crippen LogP contribution in [0.3, 0.4) is 0 Å². The Balaban J connectivity index is 1.54. The topological polar surface area (TPSA) is 58.2 Å². The molecule has 0 spiro atoms. The molecule has 4 nitrogen and oxygen atoms in total. The zero-order valence-corrected chi connectivity index (χ0v) is 15.8. The minimum atomic E-state index is -0.377. The van der Waals surface area contributed by atoms with Crippen LogP contribution in [0, 0.1) is 11.7 Å². The maximum Gasteiger partial charge on any atom is 0.252 e. The first kappa shape index (κ1) is 18.4. The van der Waals surface area contributed by atoms with Gasteiger partial charge >= 0.3 is 0 Å². The summed E-state index contributed by atoms with van der Waals surface area (Å²) >= 11 is 1.52. The van der Waals surface area contributed by atoms with E-state index in [-0.39, 0.29) is 29.6 Å². The van der Waals surface area contributed by atoms with Crippen molar-refractivity contribution in [2.24, 2.45) is 5.92 Å². The number of carbonyl (C=O) groups is 2. The molecule has 142 valence electrons. The molecule has 2 aromatic carbocycles. The Kier molecular flexibility index (Phi) is 5.21. The zero-order chi connectivity index (χ0) is 19.5. The van der Waals surface area contributed by atoms with E-state index in [1.807, 2.05) is 17.5 Å². The van der Waals surface area contributed by atoms with Crippen molar-refractivity contribution in [2.45, 2.75) is 18.9 Å². The molecule has 3 aromatic rings. The van der Waals surface area contributed by atoms with Crippen LogP contribution in [0.2, 0.25) is 0 Å². The highest BCUT2D eigenvalue weighted by Gasteiger charge is 2.29. The van der Waals surface area contributed by atoms with Gasteiger partial charge in [-0.1, -0.05) is 24.3 Å². The Bertz CT molecular complexity index is 982. The van der Waals surface area contributed by atoms with Gasteiger partial charge in [0.05, 0.1) is 6.04 Å². The number of amides is 2. The van der Waals surface area contributed by atoms with E-state index >= 15 is 0 Å². The summed E-state index contributed by atoms with van der Waals surface area (Å²) in [6, 6.07) is 16.5. The van der Waals surface area contributed by atoms with Gasteiger partial charge in [0.1, 0.15) is 5.82 Å². The normalized spacial score (nSPS) is 14.3. The molecule has 1 fully saturated rings. The van der Waals surface area contributed by atoms with Crippen LogP contribution in [0.5, 0.6) is 0 Å². The average Bonchev–Trinajstić information content (AvgIpc) is 3.42. The number of anilines is 1. The van der Waals surface area contributed by atoms with E-state index in [0.29, 0.717) is 11.3 Å². The summed E-state index contributed by atoms with van der Waals surface area (Å²) in [4.78, 5) is 25.8. The Hall–Kier alpha value is -2.99. The molecule has 1 aliphatic rings. The molecule has 1 heterocycles. The van der Waals surface area contributed by atoms with Gasteiger partial charge in [0.15, 0.2) is 0 Å². The number of halogens is 1. The van der Waals surface area contributed by atoms with Gasteiger partial charge in [-0.05, 0) is 60.2 Å². The van der Waals surface area contributed by atoms with Gasteiger partial charge in [0, 0.05) is 22.0 Å². The van der Waals surface area contributed by atoms with Crippen LogP contribution in [0.4, 0.5) is 10.1 Å². The van der Waals surface area contributed by atoms with E-state index in [1.165, 1.54) is 23.5 Å². The summed E-state index contributed by atoms with van der Waals surface area (Å²) in [5.74, 6) is -0.483. The monoisotopic (exact) mass is 394 g/mol. The fourth-order valence-electron chi connectivity index (χ4n) is 2.97. The fourth-order valence-corrected chi connectivity index (χ4v) is 3.77. The van der Waals surface area contributed by atoms with Gasteiger partial charge in [-0.2, -0.15) is 0 Å². The molecule has 2 N–H and O–H groups in total. The molecule has 0 bridgehead atoms. The molecular formula is C22H19FN2O2S. The van der Waals surface area contributed by atoms with Crippen molar-refractivity contribution in [1.29, 1.82) is 0 Å². The molecule has 4 rings (SSSR count). The van der Waals surface area contributed by atoms with Gasteiger partial charge in [-0.25, -0.2) is 4.39 Å². The number of hydrogen-bond donors (Lipinski definition) is 2. The van der Waals surface area contributed by atoms with Crippen molar-refractivity contribution < 1.29 is 14.0 Å². The molecule has 6 heteroatoms. The molecule has 0 aliphatic heterocycles. The van der Waals surface area contributed by atoms with Gasteiger partial charge in [0.25, 0.3) is 5.91 Å². The summed E-state index contributed by atoms with van der Waals surface area (Å²) in [7, 11) is 0. The number of benzene rings is 2. The predicted octanol–water partition coefficient (Wildman–Crippen LogP) is 4.76. The predicted molar refractivity (Wildman–Crippen MR) is 108 cm³/mol. The summed E-state index contributed by atoms with van der Waals surface area (Å²) < 4.78 is 13.3. The van der Waals surface area contributed by atoms with E-state index in [0.717, 1.165) is 23.3 Å². The second kappa shape index (κ2) is 7.94. The molecule has 1 aromatic heterocycles. The Morgan fingerprint density at radius 2 is 1.82 bits per heavy atom. The minimum Gasteiger partial charge on any atom is -0.340 e. The molecule has 1 atom stereocenters. The molecule has 1 unspecified atom stereocenters. The zero-order valence-electron chi connectivity index (χ0n) is 15.0. The lowest BCUT2D eigenvalue weighted by molar-refractivity contribution is -0.117. The Morgan fingerprint density at radius 1 is 1.04 bits per heavy atom. The van der Waals surface area contributed by atoms with E-state index in [1.54, 1.807) is 36.4 Å². The Morgan fingerprint density at radius 3 is 2.50 bits per heavy atom. The second-order valence-corrected chi connectivity index (χ2v) is 7.80. The third-order valence-electron chi connectivity index (χ3n) is 4.65. The largest absolute Gasteiger partial charge is 0.340 e. The van der Waals surface area contributed by atoms with Crippen molar-refractivity contribution in [3.8, 4) is 0 Å². The van der Waals surface area contributed by atoms with E-state index in [2.05, 4.69) is 10.6 Å². The first-order valence-electron chi connectivity index (χ1n) is 9.11. The van der Waals surface area contributed by atoms with Crippen molar-refractivity contribution >= 4 is 28.8 Å². The van der Waals surface area contributed by atoms with Gasteiger partial charge in [-0.3, -0.25) is 9.59 Å². The van der Waals surface area contributed by atoms with Crippen LogP contribution in [0.25, 0.3) is 0 Å². The number of nitrogens with one attached hydrogen (secondary N) is 2. The third-order valence-corrected chi connectivity index (χ3v) is 5.58. The summed E-state index contributed by atoms with van der Waals surface area (Å²) in [5, 5.41) is 7.82. The molecule has 0 radical (unpaired) electrons. The van der Waals surface area contributed by atoms with Crippen molar-refractivity contribution in [3.05, 3.63) is 87.9 Å². The fraction of sp³-hybridized carbons (Fsp3) is 0.182. The quantitative estimate of drug-likeness (QED) is 0.634.